The highest BCUT2D eigenvalue weighted by atomic mass is 16.6. The number of rotatable bonds is 4. The van der Waals surface area contributed by atoms with Crippen molar-refractivity contribution in [1.29, 1.82) is 0 Å². The summed E-state index contributed by atoms with van der Waals surface area (Å²) in [4.78, 5) is 12.5. The summed E-state index contributed by atoms with van der Waals surface area (Å²) in [5, 5.41) is 4.19. The van der Waals surface area contributed by atoms with Crippen LogP contribution in [0.15, 0.2) is 42.7 Å². The number of ether oxygens (including phenoxy) is 2. The van der Waals surface area contributed by atoms with Gasteiger partial charge in [-0.05, 0) is 30.2 Å². The van der Waals surface area contributed by atoms with Crippen LogP contribution in [0.25, 0.3) is 0 Å². The average Bonchev–Trinajstić information content (AvgIpc) is 3.23. The Morgan fingerprint density at radius 1 is 1.38 bits per heavy atom. The van der Waals surface area contributed by atoms with E-state index in [1.165, 1.54) is 0 Å². The van der Waals surface area contributed by atoms with E-state index in [1.54, 1.807) is 6.20 Å². The molecule has 0 radical (unpaired) electrons. The lowest BCUT2D eigenvalue weighted by Gasteiger charge is -2.53. The highest BCUT2D eigenvalue weighted by molar-refractivity contribution is 5.89. The summed E-state index contributed by atoms with van der Waals surface area (Å²) in [5.41, 5.74) is 1.59. The van der Waals surface area contributed by atoms with Gasteiger partial charge in [-0.25, -0.2) is 4.79 Å². The number of hydrogen-bond acceptors (Lipinski definition) is 4. The first kappa shape index (κ1) is 15.4. The standard InChI is InChI=1S/C19H22N2O3/c1-19(2)16-15(8-11-23-16)17(19)24-18(22)14-6-4-13(5-7-14)12-21-10-3-9-20-21/h3-7,9-10,15-17H,8,11-12H2,1-2H3/t15-,16+,17+/m0/s1. The van der Waals surface area contributed by atoms with E-state index in [2.05, 4.69) is 18.9 Å². The zero-order chi connectivity index (χ0) is 16.7. The van der Waals surface area contributed by atoms with E-state index < -0.39 is 0 Å². The van der Waals surface area contributed by atoms with Crippen LogP contribution in [0, 0.1) is 11.3 Å². The minimum atomic E-state index is -0.246. The normalized spacial score (nSPS) is 27.3. The molecule has 1 aromatic heterocycles. The fourth-order valence-electron chi connectivity index (χ4n) is 4.03. The SMILES string of the molecule is CC1(C)[C@@H]2OCC[C@@H]2[C@H]1OC(=O)c1ccc(Cn2cccn2)cc1. The van der Waals surface area contributed by atoms with E-state index in [9.17, 15) is 4.79 Å². The number of fused-ring (bicyclic) bond motifs is 1. The van der Waals surface area contributed by atoms with Crippen LogP contribution in [0.3, 0.4) is 0 Å². The second kappa shape index (κ2) is 5.74. The van der Waals surface area contributed by atoms with Crippen molar-refractivity contribution in [3.63, 3.8) is 0 Å². The Balaban J connectivity index is 1.41. The van der Waals surface area contributed by atoms with Crippen molar-refractivity contribution >= 4 is 5.97 Å². The van der Waals surface area contributed by atoms with Gasteiger partial charge in [-0.2, -0.15) is 5.10 Å². The molecule has 0 unspecified atom stereocenters. The Hall–Kier alpha value is -2.14. The third-order valence-corrected chi connectivity index (χ3v) is 5.32. The molecule has 1 aromatic carbocycles. The molecular weight excluding hydrogens is 304 g/mol. The van der Waals surface area contributed by atoms with Crippen molar-refractivity contribution in [2.45, 2.75) is 39.0 Å². The molecule has 0 amide bonds. The predicted molar refractivity (Wildman–Crippen MR) is 88.6 cm³/mol. The zero-order valence-electron chi connectivity index (χ0n) is 14.0. The minimum Gasteiger partial charge on any atom is -0.458 e. The Morgan fingerprint density at radius 3 is 2.88 bits per heavy atom. The number of esters is 1. The molecule has 2 heterocycles. The summed E-state index contributed by atoms with van der Waals surface area (Å²) in [6, 6.07) is 9.45. The number of benzene rings is 1. The molecule has 126 valence electrons. The Kier molecular flexibility index (Phi) is 3.68. The summed E-state index contributed by atoms with van der Waals surface area (Å²) in [7, 11) is 0. The fourth-order valence-corrected chi connectivity index (χ4v) is 4.03. The maximum atomic E-state index is 12.5. The molecule has 2 aliphatic rings. The van der Waals surface area contributed by atoms with E-state index in [0.29, 0.717) is 18.0 Å². The Bertz CT molecular complexity index is 722. The predicted octanol–water partition coefficient (Wildman–Crippen LogP) is 2.90. The van der Waals surface area contributed by atoms with Crippen molar-refractivity contribution in [3.05, 3.63) is 53.9 Å². The highest BCUT2D eigenvalue weighted by Crippen LogP contribution is 2.53. The Morgan fingerprint density at radius 2 is 2.17 bits per heavy atom. The molecule has 2 aromatic rings. The lowest BCUT2D eigenvalue weighted by Crippen LogP contribution is -2.61. The van der Waals surface area contributed by atoms with Gasteiger partial charge < -0.3 is 9.47 Å². The third kappa shape index (κ3) is 2.53. The zero-order valence-corrected chi connectivity index (χ0v) is 14.0. The quantitative estimate of drug-likeness (QED) is 0.811. The van der Waals surface area contributed by atoms with Crippen molar-refractivity contribution in [3.8, 4) is 0 Å². The van der Waals surface area contributed by atoms with Gasteiger partial charge in [0.1, 0.15) is 6.10 Å². The topological polar surface area (TPSA) is 53.4 Å². The largest absolute Gasteiger partial charge is 0.458 e. The van der Waals surface area contributed by atoms with Gasteiger partial charge in [-0.3, -0.25) is 4.68 Å². The van der Waals surface area contributed by atoms with Crippen LogP contribution in [0.5, 0.6) is 0 Å². The number of aromatic nitrogens is 2. The molecule has 2 fully saturated rings. The molecule has 0 bridgehead atoms. The average molecular weight is 326 g/mol. The molecule has 1 aliphatic carbocycles. The van der Waals surface area contributed by atoms with Gasteiger partial charge in [0.25, 0.3) is 0 Å². The van der Waals surface area contributed by atoms with Crippen LogP contribution in [-0.2, 0) is 16.0 Å². The molecule has 1 saturated carbocycles. The van der Waals surface area contributed by atoms with E-state index in [-0.39, 0.29) is 23.6 Å². The summed E-state index contributed by atoms with van der Waals surface area (Å²) < 4.78 is 13.4. The second-order valence-electron chi connectivity index (χ2n) is 7.29. The molecule has 1 aliphatic heterocycles. The van der Waals surface area contributed by atoms with E-state index in [0.717, 1.165) is 18.6 Å². The van der Waals surface area contributed by atoms with Gasteiger partial charge in [0.2, 0.25) is 0 Å². The van der Waals surface area contributed by atoms with Crippen LogP contribution < -0.4 is 0 Å². The van der Waals surface area contributed by atoms with Gasteiger partial charge in [0.05, 0.1) is 18.2 Å². The summed E-state index contributed by atoms with van der Waals surface area (Å²) >= 11 is 0. The van der Waals surface area contributed by atoms with Crippen LogP contribution in [-0.4, -0.2) is 34.6 Å². The lowest BCUT2D eigenvalue weighted by atomic mass is 9.59. The van der Waals surface area contributed by atoms with Gasteiger partial charge >= 0.3 is 5.97 Å². The maximum Gasteiger partial charge on any atom is 0.338 e. The van der Waals surface area contributed by atoms with E-state index >= 15 is 0 Å². The fraction of sp³-hybridized carbons (Fsp3) is 0.474. The van der Waals surface area contributed by atoms with Crippen LogP contribution in [0.2, 0.25) is 0 Å². The summed E-state index contributed by atoms with van der Waals surface area (Å²) in [6.45, 7) is 5.70. The van der Waals surface area contributed by atoms with Gasteiger partial charge in [-0.15, -0.1) is 0 Å². The molecule has 4 rings (SSSR count). The van der Waals surface area contributed by atoms with Crippen molar-refractivity contribution in [2.75, 3.05) is 6.61 Å². The first-order valence-electron chi connectivity index (χ1n) is 8.44. The molecule has 0 N–H and O–H groups in total. The van der Waals surface area contributed by atoms with Crippen LogP contribution in [0.4, 0.5) is 0 Å². The Labute approximate surface area is 141 Å². The molecule has 5 heteroatoms. The highest BCUT2D eigenvalue weighted by Gasteiger charge is 2.61. The first-order chi connectivity index (χ1) is 11.6. The van der Waals surface area contributed by atoms with Gasteiger partial charge in [-0.1, -0.05) is 26.0 Å². The first-order valence-corrected chi connectivity index (χ1v) is 8.44. The molecule has 1 saturated heterocycles. The number of carbonyl (C=O) groups is 1. The van der Waals surface area contributed by atoms with Crippen molar-refractivity contribution in [1.82, 2.24) is 9.78 Å². The van der Waals surface area contributed by atoms with Crippen molar-refractivity contribution < 1.29 is 14.3 Å². The lowest BCUT2D eigenvalue weighted by molar-refractivity contribution is -0.183. The van der Waals surface area contributed by atoms with E-state index in [4.69, 9.17) is 9.47 Å². The third-order valence-electron chi connectivity index (χ3n) is 5.32. The monoisotopic (exact) mass is 326 g/mol. The molecule has 0 spiro atoms. The second-order valence-corrected chi connectivity index (χ2v) is 7.29. The number of carbonyl (C=O) groups excluding carboxylic acids is 1. The molecule has 3 atom stereocenters. The van der Waals surface area contributed by atoms with Crippen molar-refractivity contribution in [2.24, 2.45) is 11.3 Å². The van der Waals surface area contributed by atoms with E-state index in [1.807, 2.05) is 41.2 Å². The summed E-state index contributed by atoms with van der Waals surface area (Å²) in [5.74, 6) is 0.104. The van der Waals surface area contributed by atoms with Crippen LogP contribution >= 0.6 is 0 Å². The minimum absolute atomic E-state index is 0.0544. The molecule has 24 heavy (non-hydrogen) atoms. The number of hydrogen-bond donors (Lipinski definition) is 0. The molecule has 5 nitrogen and oxygen atoms in total. The van der Waals surface area contributed by atoms with Gasteiger partial charge in [0, 0.05) is 30.3 Å². The smallest absolute Gasteiger partial charge is 0.338 e. The maximum absolute atomic E-state index is 12.5. The van der Waals surface area contributed by atoms with Gasteiger partial charge in [0.15, 0.2) is 0 Å². The van der Waals surface area contributed by atoms with Crippen LogP contribution in [0.1, 0.15) is 36.2 Å². The number of nitrogens with zero attached hydrogens (tertiary/aromatic N) is 2. The summed E-state index contributed by atoms with van der Waals surface area (Å²) in [6.07, 6.45) is 4.83. The molecular formula is C19H22N2O3.